The van der Waals surface area contributed by atoms with Gasteiger partial charge in [-0.05, 0) is 49.1 Å². The van der Waals surface area contributed by atoms with Gasteiger partial charge in [-0.3, -0.25) is 9.59 Å². The first kappa shape index (κ1) is 19.1. The highest BCUT2D eigenvalue weighted by molar-refractivity contribution is 5.94. The van der Waals surface area contributed by atoms with E-state index in [2.05, 4.69) is 0 Å². The summed E-state index contributed by atoms with van der Waals surface area (Å²) < 4.78 is 13.4. The predicted octanol–water partition coefficient (Wildman–Crippen LogP) is 3.44. The molecule has 0 radical (unpaired) electrons. The van der Waals surface area contributed by atoms with E-state index in [0.29, 0.717) is 43.7 Å². The smallest absolute Gasteiger partial charge is 0.253 e. The Balaban J connectivity index is 1.55. The number of rotatable bonds is 4. The maximum absolute atomic E-state index is 13.4. The number of halogens is 1. The molecule has 1 aliphatic heterocycles. The Hall–Kier alpha value is -2.69. The molecule has 0 bridgehead atoms. The number of carbonyl (C=O) groups is 2. The molecule has 142 valence electrons. The average Bonchev–Trinajstić information content (AvgIpc) is 2.95. The fraction of sp³-hybridized carbons (Fsp3) is 0.364. The van der Waals surface area contributed by atoms with E-state index in [1.165, 1.54) is 12.1 Å². The quantitative estimate of drug-likeness (QED) is 0.829. The molecule has 2 amide bonds. The summed E-state index contributed by atoms with van der Waals surface area (Å²) in [6.45, 7) is 3.98. The van der Waals surface area contributed by atoms with Crippen molar-refractivity contribution in [2.45, 2.75) is 26.2 Å². The predicted molar refractivity (Wildman–Crippen MR) is 103 cm³/mol. The number of benzene rings is 2. The number of hydrogen-bond donors (Lipinski definition) is 0. The molecule has 1 fully saturated rings. The molecule has 0 spiro atoms. The second-order valence-corrected chi connectivity index (χ2v) is 6.98. The van der Waals surface area contributed by atoms with Gasteiger partial charge in [0.2, 0.25) is 5.91 Å². The number of hydrogen-bond acceptors (Lipinski definition) is 2. The Morgan fingerprint density at radius 1 is 0.963 bits per heavy atom. The lowest BCUT2D eigenvalue weighted by Crippen LogP contribution is -2.37. The molecule has 5 heteroatoms. The molecule has 0 aromatic heterocycles. The second kappa shape index (κ2) is 8.80. The molecule has 0 N–H and O–H groups in total. The van der Waals surface area contributed by atoms with Crippen LogP contribution in [0.4, 0.5) is 4.39 Å². The van der Waals surface area contributed by atoms with Crippen LogP contribution in [0, 0.1) is 12.7 Å². The third-order valence-corrected chi connectivity index (χ3v) is 5.01. The van der Waals surface area contributed by atoms with E-state index in [1.807, 2.05) is 35.2 Å². The molecule has 3 rings (SSSR count). The molecule has 27 heavy (non-hydrogen) atoms. The van der Waals surface area contributed by atoms with Gasteiger partial charge >= 0.3 is 0 Å². The van der Waals surface area contributed by atoms with E-state index in [9.17, 15) is 14.0 Å². The molecular weight excluding hydrogens is 343 g/mol. The average molecular weight is 368 g/mol. The van der Waals surface area contributed by atoms with Crippen molar-refractivity contribution in [2.75, 3.05) is 26.2 Å². The molecule has 4 nitrogen and oxygen atoms in total. The Labute approximate surface area is 159 Å². The minimum absolute atomic E-state index is 0.100. The zero-order valence-electron chi connectivity index (χ0n) is 15.7. The van der Waals surface area contributed by atoms with Gasteiger partial charge in [0.15, 0.2) is 0 Å². The van der Waals surface area contributed by atoms with Crippen LogP contribution in [-0.2, 0) is 11.2 Å². The van der Waals surface area contributed by atoms with Crippen molar-refractivity contribution in [2.24, 2.45) is 0 Å². The van der Waals surface area contributed by atoms with Crippen LogP contribution in [0.25, 0.3) is 0 Å². The molecule has 0 unspecified atom stereocenters. The summed E-state index contributed by atoms with van der Waals surface area (Å²) in [4.78, 5) is 28.9. The summed E-state index contributed by atoms with van der Waals surface area (Å²) in [5.74, 6) is -0.278. The molecule has 1 saturated heterocycles. The van der Waals surface area contributed by atoms with Gasteiger partial charge in [0.05, 0.1) is 0 Å². The van der Waals surface area contributed by atoms with E-state index >= 15 is 0 Å². The first-order valence-corrected chi connectivity index (χ1v) is 9.42. The van der Waals surface area contributed by atoms with Crippen molar-refractivity contribution >= 4 is 11.8 Å². The van der Waals surface area contributed by atoms with Gasteiger partial charge < -0.3 is 9.80 Å². The van der Waals surface area contributed by atoms with Crippen LogP contribution in [0.2, 0.25) is 0 Å². The maximum atomic E-state index is 13.4. The van der Waals surface area contributed by atoms with Crippen LogP contribution < -0.4 is 0 Å². The molecule has 1 heterocycles. The zero-order chi connectivity index (χ0) is 19.2. The van der Waals surface area contributed by atoms with E-state index < -0.39 is 0 Å². The van der Waals surface area contributed by atoms with Gasteiger partial charge in [-0.15, -0.1) is 0 Å². The Bertz CT molecular complexity index is 807. The minimum atomic E-state index is -0.308. The second-order valence-electron chi connectivity index (χ2n) is 6.98. The van der Waals surface area contributed by atoms with Crippen molar-refractivity contribution < 1.29 is 14.0 Å². The normalized spacial score (nSPS) is 14.7. The Kier molecular flexibility index (Phi) is 6.22. The van der Waals surface area contributed by atoms with Gasteiger partial charge in [-0.25, -0.2) is 4.39 Å². The van der Waals surface area contributed by atoms with Crippen LogP contribution in [0.1, 0.15) is 34.3 Å². The minimum Gasteiger partial charge on any atom is -0.341 e. The Morgan fingerprint density at radius 3 is 2.41 bits per heavy atom. The van der Waals surface area contributed by atoms with Crippen molar-refractivity contribution in [3.05, 3.63) is 71.0 Å². The van der Waals surface area contributed by atoms with Crippen LogP contribution in [0.3, 0.4) is 0 Å². The highest BCUT2D eigenvalue weighted by Gasteiger charge is 2.23. The highest BCUT2D eigenvalue weighted by atomic mass is 19.1. The molecule has 2 aromatic carbocycles. The first-order chi connectivity index (χ1) is 13.0. The molecule has 2 aromatic rings. The van der Waals surface area contributed by atoms with Gasteiger partial charge in [0.1, 0.15) is 5.82 Å². The van der Waals surface area contributed by atoms with E-state index in [0.717, 1.165) is 18.4 Å². The van der Waals surface area contributed by atoms with Crippen molar-refractivity contribution in [1.29, 1.82) is 0 Å². The third kappa shape index (κ3) is 4.94. The SMILES string of the molecule is Cc1cc(C(=O)N2CCCN(C(=O)CCc3ccccc3)CC2)ccc1F. The van der Waals surface area contributed by atoms with Gasteiger partial charge in [0.25, 0.3) is 5.91 Å². The van der Waals surface area contributed by atoms with E-state index in [-0.39, 0.29) is 17.6 Å². The summed E-state index contributed by atoms with van der Waals surface area (Å²) in [6.07, 6.45) is 1.96. The summed E-state index contributed by atoms with van der Waals surface area (Å²) in [6, 6.07) is 14.4. The molecule has 0 saturated carbocycles. The lowest BCUT2D eigenvalue weighted by Gasteiger charge is -2.22. The third-order valence-electron chi connectivity index (χ3n) is 5.01. The van der Waals surface area contributed by atoms with Crippen molar-refractivity contribution in [3.63, 3.8) is 0 Å². The zero-order valence-corrected chi connectivity index (χ0v) is 15.7. The van der Waals surface area contributed by atoms with Gasteiger partial charge in [-0.2, -0.15) is 0 Å². The number of nitrogens with zero attached hydrogens (tertiary/aromatic N) is 2. The molecule has 1 aliphatic rings. The fourth-order valence-corrected chi connectivity index (χ4v) is 3.38. The summed E-state index contributed by atoms with van der Waals surface area (Å²) in [7, 11) is 0. The number of carbonyl (C=O) groups excluding carboxylic acids is 2. The summed E-state index contributed by atoms with van der Waals surface area (Å²) in [5.41, 5.74) is 2.12. The Morgan fingerprint density at radius 2 is 1.67 bits per heavy atom. The van der Waals surface area contributed by atoms with Crippen LogP contribution in [0.15, 0.2) is 48.5 Å². The number of aryl methyl sites for hydroxylation is 2. The number of amides is 2. The van der Waals surface area contributed by atoms with E-state index in [4.69, 9.17) is 0 Å². The fourth-order valence-electron chi connectivity index (χ4n) is 3.38. The van der Waals surface area contributed by atoms with Crippen LogP contribution in [0.5, 0.6) is 0 Å². The monoisotopic (exact) mass is 368 g/mol. The summed E-state index contributed by atoms with van der Waals surface area (Å²) >= 11 is 0. The molecule has 0 atom stereocenters. The lowest BCUT2D eigenvalue weighted by molar-refractivity contribution is -0.131. The summed E-state index contributed by atoms with van der Waals surface area (Å²) in [5, 5.41) is 0. The van der Waals surface area contributed by atoms with Crippen LogP contribution in [-0.4, -0.2) is 47.8 Å². The lowest BCUT2D eigenvalue weighted by atomic mass is 10.1. The van der Waals surface area contributed by atoms with Gasteiger partial charge in [0, 0.05) is 38.2 Å². The molecular formula is C22H25FN2O2. The highest BCUT2D eigenvalue weighted by Crippen LogP contribution is 2.14. The maximum Gasteiger partial charge on any atom is 0.253 e. The molecule has 0 aliphatic carbocycles. The first-order valence-electron chi connectivity index (χ1n) is 9.42. The van der Waals surface area contributed by atoms with Crippen molar-refractivity contribution in [1.82, 2.24) is 9.80 Å². The topological polar surface area (TPSA) is 40.6 Å². The van der Waals surface area contributed by atoms with Crippen LogP contribution >= 0.6 is 0 Å². The standard InChI is InChI=1S/C22H25FN2O2/c1-17-16-19(9-10-20(17)23)22(27)25-13-5-12-24(14-15-25)21(26)11-8-18-6-3-2-4-7-18/h2-4,6-7,9-10,16H,5,8,11-15H2,1H3. The van der Waals surface area contributed by atoms with E-state index in [1.54, 1.807) is 17.9 Å². The van der Waals surface area contributed by atoms with Crippen molar-refractivity contribution in [3.8, 4) is 0 Å². The van der Waals surface area contributed by atoms with Gasteiger partial charge in [-0.1, -0.05) is 30.3 Å². The largest absolute Gasteiger partial charge is 0.341 e.